The van der Waals surface area contributed by atoms with Gasteiger partial charge in [0.25, 0.3) is 0 Å². The molecule has 0 bridgehead atoms. The Morgan fingerprint density at radius 1 is 0.875 bits per heavy atom. The summed E-state index contributed by atoms with van der Waals surface area (Å²) >= 11 is 0. The molecular weight excluding hydrogens is 408 g/mol. The van der Waals surface area contributed by atoms with Crippen LogP contribution in [0.1, 0.15) is 22.7 Å². The number of hydrogen-bond donors (Lipinski definition) is 4. The molecule has 1 atom stereocenters. The fourth-order valence-electron chi connectivity index (χ4n) is 3.13. The zero-order chi connectivity index (χ0) is 22.8. The van der Waals surface area contributed by atoms with Crippen LogP contribution < -0.4 is 15.8 Å². The Morgan fingerprint density at radius 2 is 1.59 bits per heavy atom. The molecular formula is C25H28N2O5. The Balaban J connectivity index is 1.28. The van der Waals surface area contributed by atoms with Crippen molar-refractivity contribution in [1.29, 1.82) is 0 Å². The lowest BCUT2D eigenvalue weighted by Crippen LogP contribution is -2.29. The van der Waals surface area contributed by atoms with Crippen LogP contribution >= 0.6 is 0 Å². The molecule has 7 heteroatoms. The molecule has 0 radical (unpaired) electrons. The van der Waals surface area contributed by atoms with E-state index in [4.69, 9.17) is 15.2 Å². The lowest BCUT2D eigenvalue weighted by Gasteiger charge is -2.13. The summed E-state index contributed by atoms with van der Waals surface area (Å²) < 4.78 is 11.2. The van der Waals surface area contributed by atoms with Crippen molar-refractivity contribution in [3.05, 3.63) is 89.5 Å². The van der Waals surface area contributed by atoms with E-state index < -0.39 is 0 Å². The van der Waals surface area contributed by atoms with Gasteiger partial charge in [0.2, 0.25) is 5.91 Å². The number of hydrogen-bond acceptors (Lipinski definition) is 6. The van der Waals surface area contributed by atoms with Gasteiger partial charge in [-0.25, -0.2) is 0 Å². The number of benzene rings is 3. The summed E-state index contributed by atoms with van der Waals surface area (Å²) in [5.74, 6) is 0.0931. The van der Waals surface area contributed by atoms with Crippen LogP contribution in [-0.4, -0.2) is 42.5 Å². The summed E-state index contributed by atoms with van der Waals surface area (Å²) in [6.07, 6.45) is 0.112. The van der Waals surface area contributed by atoms with E-state index in [2.05, 4.69) is 5.32 Å². The van der Waals surface area contributed by atoms with Crippen molar-refractivity contribution in [2.75, 3.05) is 26.4 Å². The molecule has 168 valence electrons. The van der Waals surface area contributed by atoms with Gasteiger partial charge in [-0.2, -0.15) is 0 Å². The normalized spacial score (nSPS) is 11.7. The first-order valence-corrected chi connectivity index (χ1v) is 10.4. The molecule has 0 spiro atoms. The lowest BCUT2D eigenvalue weighted by molar-refractivity contribution is -0.120. The molecule has 0 aliphatic rings. The maximum Gasteiger partial charge on any atom is 0.224 e. The molecule has 0 aromatic heterocycles. The minimum atomic E-state index is -0.243. The molecule has 32 heavy (non-hydrogen) atoms. The number of nitrogens with one attached hydrogen (secondary N) is 1. The molecule has 3 aromatic rings. The molecule has 5 N–H and O–H groups in total. The molecule has 3 rings (SSSR count). The van der Waals surface area contributed by atoms with Crippen molar-refractivity contribution in [2.24, 2.45) is 5.73 Å². The van der Waals surface area contributed by atoms with Gasteiger partial charge in [-0.15, -0.1) is 0 Å². The van der Waals surface area contributed by atoms with Gasteiger partial charge in [0.15, 0.2) is 11.5 Å². The van der Waals surface area contributed by atoms with Gasteiger partial charge in [0.1, 0.15) is 12.4 Å². The molecule has 0 fully saturated rings. The topological polar surface area (TPSA) is 114 Å². The molecule has 7 nitrogen and oxygen atoms in total. The van der Waals surface area contributed by atoms with Crippen molar-refractivity contribution in [2.45, 2.75) is 12.5 Å². The first kappa shape index (κ1) is 23.1. The van der Waals surface area contributed by atoms with Gasteiger partial charge in [0, 0.05) is 6.54 Å². The number of nitrogens with two attached hydrogens (primary N) is 1. The van der Waals surface area contributed by atoms with Crippen LogP contribution in [0, 0.1) is 0 Å². The molecule has 1 amide bonds. The predicted molar refractivity (Wildman–Crippen MR) is 122 cm³/mol. The van der Waals surface area contributed by atoms with E-state index in [1.54, 1.807) is 6.07 Å². The third-order valence-electron chi connectivity index (χ3n) is 4.87. The molecule has 0 heterocycles. The standard InChI is InChI=1S/C25H28N2O5/c26-25(19-4-2-1-3-5-19)20-7-9-21(10-8-20)32-15-14-31-13-12-27-24(30)17-18-6-11-22(28)23(29)16-18/h1-11,16,25,28-29H,12-15,17,26H2,(H,27,30). The monoisotopic (exact) mass is 436 g/mol. The van der Waals surface area contributed by atoms with Crippen molar-refractivity contribution >= 4 is 5.91 Å². The summed E-state index contributed by atoms with van der Waals surface area (Å²) in [6, 6.07) is 21.7. The van der Waals surface area contributed by atoms with E-state index in [9.17, 15) is 15.0 Å². The maximum absolute atomic E-state index is 11.9. The number of phenols is 2. The highest BCUT2D eigenvalue weighted by Gasteiger charge is 2.08. The highest BCUT2D eigenvalue weighted by molar-refractivity contribution is 5.78. The number of carbonyl (C=O) groups excluding carboxylic acids is 1. The average Bonchev–Trinajstić information content (AvgIpc) is 2.81. The number of phenolic OH excluding ortho intramolecular Hbond substituents is 2. The largest absolute Gasteiger partial charge is 0.504 e. The van der Waals surface area contributed by atoms with Gasteiger partial charge in [-0.1, -0.05) is 48.5 Å². The first-order chi connectivity index (χ1) is 15.5. The van der Waals surface area contributed by atoms with E-state index in [-0.39, 0.29) is 29.9 Å². The van der Waals surface area contributed by atoms with E-state index in [0.29, 0.717) is 31.9 Å². The van der Waals surface area contributed by atoms with Crippen LogP contribution in [-0.2, 0) is 16.0 Å². The number of aromatic hydroxyl groups is 2. The van der Waals surface area contributed by atoms with E-state index in [1.807, 2.05) is 54.6 Å². The summed E-state index contributed by atoms with van der Waals surface area (Å²) in [7, 11) is 0. The third-order valence-corrected chi connectivity index (χ3v) is 4.87. The highest BCUT2D eigenvalue weighted by Crippen LogP contribution is 2.25. The van der Waals surface area contributed by atoms with Crippen LogP contribution in [0.3, 0.4) is 0 Å². The van der Waals surface area contributed by atoms with Gasteiger partial charge in [0.05, 0.1) is 25.7 Å². The summed E-state index contributed by atoms with van der Waals surface area (Å²) in [4.78, 5) is 11.9. The minimum Gasteiger partial charge on any atom is -0.504 e. The van der Waals surface area contributed by atoms with E-state index >= 15 is 0 Å². The third kappa shape index (κ3) is 7.01. The second-order valence-corrected chi connectivity index (χ2v) is 7.27. The van der Waals surface area contributed by atoms with Gasteiger partial charge < -0.3 is 30.7 Å². The Labute approximate surface area is 187 Å². The number of rotatable bonds is 11. The fourth-order valence-corrected chi connectivity index (χ4v) is 3.13. The molecule has 0 saturated carbocycles. The summed E-state index contributed by atoms with van der Waals surface area (Å²) in [5, 5.41) is 21.5. The Morgan fingerprint density at radius 3 is 2.31 bits per heavy atom. The van der Waals surface area contributed by atoms with Crippen LogP contribution in [0.25, 0.3) is 0 Å². The minimum absolute atomic E-state index is 0.112. The second-order valence-electron chi connectivity index (χ2n) is 7.27. The van der Waals surface area contributed by atoms with Crippen molar-refractivity contribution in [1.82, 2.24) is 5.32 Å². The Hall–Kier alpha value is -3.55. The lowest BCUT2D eigenvalue weighted by atomic mass is 10.00. The van der Waals surface area contributed by atoms with Crippen molar-refractivity contribution in [3.8, 4) is 17.2 Å². The zero-order valence-electron chi connectivity index (χ0n) is 17.7. The smallest absolute Gasteiger partial charge is 0.224 e. The first-order valence-electron chi connectivity index (χ1n) is 10.4. The SMILES string of the molecule is NC(c1ccccc1)c1ccc(OCCOCCNC(=O)Cc2ccc(O)c(O)c2)cc1. The Bertz CT molecular complexity index is 993. The van der Waals surface area contributed by atoms with Gasteiger partial charge in [-0.3, -0.25) is 4.79 Å². The van der Waals surface area contributed by atoms with Crippen molar-refractivity contribution < 1.29 is 24.5 Å². The second kappa shape index (κ2) is 11.7. The van der Waals surface area contributed by atoms with E-state index in [1.165, 1.54) is 12.1 Å². The molecule has 1 unspecified atom stereocenters. The van der Waals surface area contributed by atoms with Gasteiger partial charge >= 0.3 is 0 Å². The Kier molecular flexibility index (Phi) is 8.48. The summed E-state index contributed by atoms with van der Waals surface area (Å²) in [6.45, 7) is 1.52. The average molecular weight is 437 g/mol. The van der Waals surface area contributed by atoms with E-state index in [0.717, 1.165) is 16.9 Å². The number of amides is 1. The zero-order valence-corrected chi connectivity index (χ0v) is 17.7. The van der Waals surface area contributed by atoms with Crippen LogP contribution in [0.15, 0.2) is 72.8 Å². The molecule has 0 aliphatic heterocycles. The predicted octanol–water partition coefficient (Wildman–Crippen LogP) is 2.90. The number of ether oxygens (including phenoxy) is 2. The van der Waals surface area contributed by atoms with Gasteiger partial charge in [-0.05, 0) is 41.0 Å². The molecule has 3 aromatic carbocycles. The number of carbonyl (C=O) groups is 1. The molecule has 0 saturated heterocycles. The molecule has 0 aliphatic carbocycles. The fraction of sp³-hybridized carbons (Fsp3) is 0.240. The summed E-state index contributed by atoms with van der Waals surface area (Å²) in [5.41, 5.74) is 8.98. The van der Waals surface area contributed by atoms with Crippen LogP contribution in [0.2, 0.25) is 0 Å². The van der Waals surface area contributed by atoms with Crippen LogP contribution in [0.5, 0.6) is 17.2 Å². The highest BCUT2D eigenvalue weighted by atomic mass is 16.5. The maximum atomic E-state index is 11.9. The van der Waals surface area contributed by atoms with Crippen molar-refractivity contribution in [3.63, 3.8) is 0 Å². The quantitative estimate of drug-likeness (QED) is 0.271. The van der Waals surface area contributed by atoms with Crippen LogP contribution in [0.4, 0.5) is 0 Å².